The molecule has 1 rings (SSSR count). The van der Waals surface area contributed by atoms with Crippen LogP contribution in [-0.4, -0.2) is 29.2 Å². The van der Waals surface area contributed by atoms with Gasteiger partial charge >= 0.3 is 0 Å². The molecule has 1 aliphatic rings. The van der Waals surface area contributed by atoms with Crippen molar-refractivity contribution in [3.05, 3.63) is 0 Å². The highest BCUT2D eigenvalue weighted by Gasteiger charge is 2.34. The molecule has 0 aromatic rings. The molecule has 0 heterocycles. The average Bonchev–Trinajstić information content (AvgIpc) is 2.79. The fraction of sp³-hybridized carbons (Fsp3) is 0.900. The van der Waals surface area contributed by atoms with Crippen LogP contribution < -0.4 is 0 Å². The Kier molecular flexibility index (Phi) is 3.77. The van der Waals surface area contributed by atoms with Gasteiger partial charge in [0.15, 0.2) is 0 Å². The zero-order valence-corrected chi connectivity index (χ0v) is 10.2. The maximum absolute atomic E-state index is 11.6. The van der Waals surface area contributed by atoms with Gasteiger partial charge in [0, 0.05) is 13.6 Å². The van der Waals surface area contributed by atoms with E-state index >= 15 is 0 Å². The molecule has 0 aliphatic heterocycles. The third kappa shape index (κ3) is 2.97. The Morgan fingerprint density at radius 1 is 1.69 bits per heavy atom. The Morgan fingerprint density at radius 2 is 2.23 bits per heavy atom. The highest BCUT2D eigenvalue weighted by atomic mass is 79.9. The molecule has 0 radical (unpaired) electrons. The number of hydrogen-bond acceptors (Lipinski definition) is 1. The predicted octanol–water partition coefficient (Wildman–Crippen LogP) is 2.27. The van der Waals surface area contributed by atoms with Crippen molar-refractivity contribution in [2.24, 2.45) is 11.8 Å². The lowest BCUT2D eigenvalue weighted by Crippen LogP contribution is -2.34. The molecule has 0 spiro atoms. The lowest BCUT2D eigenvalue weighted by atomic mass is 10.2. The van der Waals surface area contributed by atoms with Crippen molar-refractivity contribution in [2.75, 3.05) is 13.6 Å². The van der Waals surface area contributed by atoms with Gasteiger partial charge in [-0.25, -0.2) is 0 Å². The molecular weight excluding hydrogens is 230 g/mol. The van der Waals surface area contributed by atoms with Crippen LogP contribution in [0.1, 0.15) is 26.7 Å². The molecule has 1 amide bonds. The van der Waals surface area contributed by atoms with Gasteiger partial charge in [-0.05, 0) is 24.7 Å². The average molecular weight is 248 g/mol. The number of nitrogens with zero attached hydrogens (tertiary/aromatic N) is 1. The Hall–Kier alpha value is -0.0500. The minimum atomic E-state index is 0.00607. The summed E-state index contributed by atoms with van der Waals surface area (Å²) in [6, 6.07) is 0. The molecule has 3 unspecified atom stereocenters. The van der Waals surface area contributed by atoms with E-state index in [0.29, 0.717) is 0 Å². The van der Waals surface area contributed by atoms with Gasteiger partial charge in [-0.1, -0.05) is 29.8 Å². The smallest absolute Gasteiger partial charge is 0.236 e. The van der Waals surface area contributed by atoms with Crippen molar-refractivity contribution in [1.29, 1.82) is 0 Å². The second-order valence-electron chi connectivity index (χ2n) is 4.07. The van der Waals surface area contributed by atoms with Gasteiger partial charge in [0.05, 0.1) is 4.83 Å². The number of alkyl halides is 1. The molecule has 1 fully saturated rings. The van der Waals surface area contributed by atoms with Crippen LogP contribution in [0.4, 0.5) is 0 Å². The molecule has 0 aromatic heterocycles. The van der Waals surface area contributed by atoms with E-state index < -0.39 is 0 Å². The van der Waals surface area contributed by atoms with Crippen molar-refractivity contribution in [3.8, 4) is 0 Å². The Balaban J connectivity index is 2.29. The lowest BCUT2D eigenvalue weighted by Gasteiger charge is -2.19. The minimum absolute atomic E-state index is 0.00607. The van der Waals surface area contributed by atoms with E-state index in [1.807, 2.05) is 18.9 Å². The van der Waals surface area contributed by atoms with Crippen LogP contribution in [0.25, 0.3) is 0 Å². The number of rotatable bonds is 4. The molecule has 1 saturated carbocycles. The minimum Gasteiger partial charge on any atom is -0.345 e. The first-order valence-corrected chi connectivity index (χ1v) is 5.86. The normalized spacial score (nSPS) is 28.3. The monoisotopic (exact) mass is 247 g/mol. The number of hydrogen-bond donors (Lipinski definition) is 0. The van der Waals surface area contributed by atoms with Crippen LogP contribution >= 0.6 is 15.9 Å². The van der Waals surface area contributed by atoms with Gasteiger partial charge in [0.2, 0.25) is 5.91 Å². The molecule has 0 aromatic carbocycles. The number of amides is 1. The molecular formula is C10H18BrNO. The van der Waals surface area contributed by atoms with Crippen LogP contribution in [0.5, 0.6) is 0 Å². The van der Waals surface area contributed by atoms with E-state index in [2.05, 4.69) is 22.9 Å². The second-order valence-corrected chi connectivity index (χ2v) is 5.17. The zero-order valence-electron chi connectivity index (χ0n) is 8.59. The highest BCUT2D eigenvalue weighted by molar-refractivity contribution is 9.10. The van der Waals surface area contributed by atoms with Gasteiger partial charge in [-0.3, -0.25) is 4.79 Å². The van der Waals surface area contributed by atoms with E-state index in [1.54, 1.807) is 0 Å². The Morgan fingerprint density at radius 3 is 2.62 bits per heavy atom. The van der Waals surface area contributed by atoms with Crippen molar-refractivity contribution >= 4 is 21.8 Å². The quantitative estimate of drug-likeness (QED) is 0.699. The van der Waals surface area contributed by atoms with Crippen LogP contribution in [0, 0.1) is 11.8 Å². The van der Waals surface area contributed by atoms with Crippen molar-refractivity contribution in [2.45, 2.75) is 31.5 Å². The summed E-state index contributed by atoms with van der Waals surface area (Å²) in [7, 11) is 1.90. The van der Waals surface area contributed by atoms with Crippen molar-refractivity contribution < 1.29 is 4.79 Å². The van der Waals surface area contributed by atoms with Crippen LogP contribution in [0.2, 0.25) is 0 Å². The third-order valence-corrected chi connectivity index (χ3v) is 3.83. The fourth-order valence-corrected chi connectivity index (χ4v) is 1.86. The largest absolute Gasteiger partial charge is 0.345 e. The molecule has 0 N–H and O–H groups in total. The first-order valence-electron chi connectivity index (χ1n) is 4.95. The summed E-state index contributed by atoms with van der Waals surface area (Å²) in [4.78, 5) is 13.5. The first-order chi connectivity index (χ1) is 6.06. The maximum Gasteiger partial charge on any atom is 0.236 e. The van der Waals surface area contributed by atoms with Gasteiger partial charge in [0.25, 0.3) is 0 Å². The van der Waals surface area contributed by atoms with Crippen molar-refractivity contribution in [1.82, 2.24) is 4.90 Å². The topological polar surface area (TPSA) is 20.3 Å². The standard InChI is InChI=1S/C10H18BrNO/c1-4-9(11)10(13)12(3)6-8-5-7(8)2/h7-9H,4-6H2,1-3H3. The summed E-state index contributed by atoms with van der Waals surface area (Å²) in [5.74, 6) is 1.80. The number of carbonyl (C=O) groups is 1. The van der Waals surface area contributed by atoms with E-state index in [1.165, 1.54) is 6.42 Å². The summed E-state index contributed by atoms with van der Waals surface area (Å²) in [6.45, 7) is 5.20. The Labute approximate surface area is 88.8 Å². The Bertz CT molecular complexity index is 195. The molecule has 76 valence electrons. The molecule has 1 aliphatic carbocycles. The van der Waals surface area contributed by atoms with Gasteiger partial charge in [0.1, 0.15) is 0 Å². The lowest BCUT2D eigenvalue weighted by molar-refractivity contribution is -0.129. The summed E-state index contributed by atoms with van der Waals surface area (Å²) < 4.78 is 0. The summed E-state index contributed by atoms with van der Waals surface area (Å²) in [5, 5.41) is 0. The van der Waals surface area contributed by atoms with Crippen molar-refractivity contribution in [3.63, 3.8) is 0 Å². The second kappa shape index (κ2) is 4.45. The van der Waals surface area contributed by atoms with Crippen LogP contribution in [-0.2, 0) is 4.79 Å². The molecule has 0 bridgehead atoms. The first kappa shape index (κ1) is 11.0. The van der Waals surface area contributed by atoms with E-state index in [-0.39, 0.29) is 10.7 Å². The number of halogens is 1. The van der Waals surface area contributed by atoms with Gasteiger partial charge < -0.3 is 4.90 Å². The third-order valence-electron chi connectivity index (χ3n) is 2.79. The highest BCUT2D eigenvalue weighted by Crippen LogP contribution is 2.38. The maximum atomic E-state index is 11.6. The molecule has 2 nitrogen and oxygen atoms in total. The predicted molar refractivity (Wildman–Crippen MR) is 57.9 cm³/mol. The SMILES string of the molecule is CCC(Br)C(=O)N(C)CC1CC1C. The summed E-state index contributed by atoms with van der Waals surface area (Å²) in [6.07, 6.45) is 2.15. The zero-order chi connectivity index (χ0) is 10.0. The van der Waals surface area contributed by atoms with E-state index in [9.17, 15) is 4.79 Å². The van der Waals surface area contributed by atoms with Gasteiger partial charge in [-0.15, -0.1) is 0 Å². The van der Waals surface area contributed by atoms with E-state index in [4.69, 9.17) is 0 Å². The number of carbonyl (C=O) groups excluding carboxylic acids is 1. The van der Waals surface area contributed by atoms with Gasteiger partial charge in [-0.2, -0.15) is 0 Å². The molecule has 13 heavy (non-hydrogen) atoms. The summed E-state index contributed by atoms with van der Waals surface area (Å²) in [5.41, 5.74) is 0. The molecule has 3 atom stereocenters. The van der Waals surface area contributed by atoms with Crippen LogP contribution in [0.15, 0.2) is 0 Å². The summed E-state index contributed by atoms with van der Waals surface area (Å²) >= 11 is 3.38. The molecule has 0 saturated heterocycles. The molecule has 3 heteroatoms. The van der Waals surface area contributed by atoms with E-state index in [0.717, 1.165) is 24.8 Å². The fourth-order valence-electron chi connectivity index (χ4n) is 1.51. The van der Waals surface area contributed by atoms with Crippen LogP contribution in [0.3, 0.4) is 0 Å².